The van der Waals surface area contributed by atoms with E-state index in [-0.39, 0.29) is 99.7 Å². The van der Waals surface area contributed by atoms with Crippen molar-refractivity contribution in [1.82, 2.24) is 30.8 Å². The summed E-state index contributed by atoms with van der Waals surface area (Å²) < 4.78 is 0. The fourth-order valence-electron chi connectivity index (χ4n) is 8.30. The summed E-state index contributed by atoms with van der Waals surface area (Å²) in [6.45, 7) is 6.15. The fraction of sp³-hybridized carbons (Fsp3) is 0.543. The van der Waals surface area contributed by atoms with E-state index >= 15 is 19.2 Å². The van der Waals surface area contributed by atoms with Crippen LogP contribution in [0.25, 0.3) is 0 Å². The van der Waals surface area contributed by atoms with Crippen molar-refractivity contribution >= 4 is 53.3 Å². The molecule has 70 heavy (non-hydrogen) atoms. The largest absolute Gasteiger partial charge is 0.508 e. The first kappa shape index (κ1) is 55.4. The van der Waals surface area contributed by atoms with Crippen molar-refractivity contribution in [2.45, 2.75) is 121 Å². The van der Waals surface area contributed by atoms with Gasteiger partial charge in [0.25, 0.3) is 11.8 Å². The number of likely N-dealkylation sites (tertiary alicyclic amines) is 1. The second-order valence-corrected chi connectivity index (χ2v) is 18.0. The van der Waals surface area contributed by atoms with Crippen molar-refractivity contribution in [2.75, 3.05) is 26.3 Å². The van der Waals surface area contributed by atoms with Crippen LogP contribution in [0, 0.1) is 11.8 Å². The summed E-state index contributed by atoms with van der Waals surface area (Å²) in [5.41, 5.74) is 26.4. The van der Waals surface area contributed by atoms with Gasteiger partial charge in [0.05, 0.1) is 6.04 Å². The lowest BCUT2D eigenvalue weighted by Gasteiger charge is -2.49. The molecule has 24 nitrogen and oxygen atoms in total. The third kappa shape index (κ3) is 14.4. The molecule has 6 amide bonds. The Morgan fingerprint density at radius 3 is 1.91 bits per heavy atom. The van der Waals surface area contributed by atoms with Crippen LogP contribution in [0.2, 0.25) is 0 Å². The minimum atomic E-state index is -2.37. The number of nitrogens with zero attached hydrogens (tertiary/aromatic N) is 5. The van der Waals surface area contributed by atoms with Gasteiger partial charge in [-0.05, 0) is 92.2 Å². The molecule has 0 saturated carbocycles. The lowest BCUT2D eigenvalue weighted by Crippen LogP contribution is -2.74. The van der Waals surface area contributed by atoms with Crippen LogP contribution in [0.5, 0.6) is 11.5 Å². The standard InChI is InChI=1S/C46H69N13O11/c1-5-27(4)35(38(63)55-34(41(66)67)23-26(2)3)56-39(64)36(29-13-17-31(61)18-14-29)57-25-59(70-24-28-11-15-30(60)16-12-28)43(69)46(42(57)68)19-8-22-58(46)40(65)33(10-7-21-53-45(50)51)54-37(62)32(47)9-6-20-52-44(48)49/h11-18,26-27,32-36,60-61H,5-10,19-25,47H2,1-4H3,(H,54,62)(H,55,63)(H,56,64)(H,66,67)(H4,48,49,52)(H4,50,51,53)/t27-,32-,33-,34-,35-,36?,46?/m0/s1. The van der Waals surface area contributed by atoms with Gasteiger partial charge >= 0.3 is 5.97 Å². The van der Waals surface area contributed by atoms with E-state index in [1.165, 1.54) is 48.5 Å². The normalized spacial score (nSPS) is 18.3. The molecule has 7 atom stereocenters. The van der Waals surface area contributed by atoms with Crippen molar-refractivity contribution in [3.8, 4) is 11.5 Å². The number of rotatable bonds is 25. The van der Waals surface area contributed by atoms with Crippen LogP contribution in [0.3, 0.4) is 0 Å². The second kappa shape index (κ2) is 25.4. The topological polar surface area (TPSA) is 390 Å². The average Bonchev–Trinajstić information content (AvgIpc) is 3.76. The number of aliphatic imine (C=N–C) groups is 2. The highest BCUT2D eigenvalue weighted by Crippen LogP contribution is 2.40. The molecule has 1 spiro atoms. The number of amides is 6. The van der Waals surface area contributed by atoms with Crippen molar-refractivity contribution in [1.29, 1.82) is 0 Å². The number of phenols is 2. The van der Waals surface area contributed by atoms with Gasteiger partial charge in [-0.15, -0.1) is 0 Å². The third-order valence-corrected chi connectivity index (χ3v) is 12.2. The molecule has 0 bridgehead atoms. The number of aliphatic carboxylic acids is 1. The Labute approximate surface area is 406 Å². The van der Waals surface area contributed by atoms with E-state index in [0.717, 1.165) is 14.9 Å². The lowest BCUT2D eigenvalue weighted by atomic mass is 9.88. The maximum Gasteiger partial charge on any atom is 0.326 e. The molecule has 2 aromatic carbocycles. The van der Waals surface area contributed by atoms with Gasteiger partial charge in [-0.2, -0.15) is 5.06 Å². The van der Waals surface area contributed by atoms with Crippen LogP contribution in [-0.4, -0.2) is 140 Å². The SMILES string of the molecule is CC[C@H](C)[C@H](NC(=O)C(c1ccc(O)cc1)N1CN(OCc2ccc(O)cc2)C(=O)C2(CCCN2C(=O)[C@H](CCCN=C(N)N)NC(=O)[C@@H](N)CCCN=C(N)N)C1=O)C(=O)N[C@@H](CC(C)C)C(=O)O. The minimum absolute atomic E-state index is 0.0361. The van der Waals surface area contributed by atoms with Crippen molar-refractivity contribution in [3.63, 3.8) is 0 Å². The highest BCUT2D eigenvalue weighted by atomic mass is 16.7. The molecular weight excluding hydrogens is 911 g/mol. The molecule has 0 aromatic heterocycles. The number of carbonyl (C=O) groups excluding carboxylic acids is 6. The number of nitrogens with one attached hydrogen (secondary N) is 3. The number of benzene rings is 2. The number of carboxylic acids is 1. The molecule has 384 valence electrons. The first-order chi connectivity index (χ1) is 33.1. The summed E-state index contributed by atoms with van der Waals surface area (Å²) in [7, 11) is 0. The first-order valence-electron chi connectivity index (χ1n) is 23.3. The number of hydroxylamine groups is 2. The zero-order valence-electron chi connectivity index (χ0n) is 40.1. The van der Waals surface area contributed by atoms with Crippen LogP contribution >= 0.6 is 0 Å². The number of aromatic hydroxyl groups is 2. The Bertz CT molecular complexity index is 2220. The first-order valence-corrected chi connectivity index (χ1v) is 23.3. The zero-order valence-corrected chi connectivity index (χ0v) is 40.1. The number of nitrogens with two attached hydrogens (primary N) is 5. The Balaban J connectivity index is 1.83. The maximum atomic E-state index is 15.6. The average molecular weight is 980 g/mol. The molecule has 2 aliphatic rings. The number of phenolic OH excluding ortho intramolecular Hbond substituents is 2. The molecule has 2 fully saturated rings. The molecular formula is C46H69N13O11. The quantitative estimate of drug-likeness (QED) is 0.0254. The van der Waals surface area contributed by atoms with Crippen molar-refractivity contribution < 1.29 is 53.7 Å². The summed E-state index contributed by atoms with van der Waals surface area (Å²) in [6, 6.07) is 4.41. The predicted octanol–water partition coefficient (Wildman–Crippen LogP) is -0.674. The molecule has 2 saturated heterocycles. The summed E-state index contributed by atoms with van der Waals surface area (Å²) in [6.07, 6.45) is 0.844. The molecule has 16 N–H and O–H groups in total. The third-order valence-electron chi connectivity index (χ3n) is 12.2. The van der Waals surface area contributed by atoms with Crippen LogP contribution in [0.1, 0.15) is 96.2 Å². The van der Waals surface area contributed by atoms with E-state index in [9.17, 15) is 29.7 Å². The van der Waals surface area contributed by atoms with Gasteiger partial charge in [0.1, 0.15) is 48.9 Å². The fourth-order valence-corrected chi connectivity index (χ4v) is 8.30. The van der Waals surface area contributed by atoms with Crippen LogP contribution in [0.15, 0.2) is 58.5 Å². The Morgan fingerprint density at radius 2 is 1.36 bits per heavy atom. The van der Waals surface area contributed by atoms with E-state index in [2.05, 4.69) is 25.9 Å². The Morgan fingerprint density at radius 1 is 0.786 bits per heavy atom. The second-order valence-electron chi connectivity index (χ2n) is 18.0. The Kier molecular flexibility index (Phi) is 20.1. The molecule has 24 heteroatoms. The monoisotopic (exact) mass is 980 g/mol. The molecule has 0 aliphatic carbocycles. The van der Waals surface area contributed by atoms with Crippen LogP contribution in [0.4, 0.5) is 0 Å². The smallest absolute Gasteiger partial charge is 0.326 e. The Hall–Kier alpha value is -7.21. The summed E-state index contributed by atoms with van der Waals surface area (Å²) in [5.74, 6) is -7.73. The van der Waals surface area contributed by atoms with Crippen molar-refractivity contribution in [3.05, 3.63) is 59.7 Å². The highest BCUT2D eigenvalue weighted by molar-refractivity contribution is 6.15. The number of hydrogen-bond donors (Lipinski definition) is 11. The van der Waals surface area contributed by atoms with Crippen LogP contribution < -0.4 is 44.6 Å². The maximum absolute atomic E-state index is 15.6. The summed E-state index contributed by atoms with van der Waals surface area (Å²) in [4.78, 5) is 117. The molecule has 2 unspecified atom stereocenters. The molecule has 2 heterocycles. The minimum Gasteiger partial charge on any atom is -0.508 e. The van der Waals surface area contributed by atoms with Gasteiger partial charge in [0, 0.05) is 19.6 Å². The molecule has 2 aliphatic heterocycles. The van der Waals surface area contributed by atoms with Crippen molar-refractivity contribution in [2.24, 2.45) is 50.5 Å². The number of guanidine groups is 2. The van der Waals surface area contributed by atoms with E-state index < -0.39 is 89.7 Å². The predicted molar refractivity (Wildman–Crippen MR) is 256 cm³/mol. The number of carbonyl (C=O) groups is 7. The van der Waals surface area contributed by atoms with E-state index in [0.29, 0.717) is 18.4 Å². The number of carboxylic acid groups (broad SMARTS) is 1. The lowest BCUT2D eigenvalue weighted by molar-refractivity contribution is -0.230. The molecule has 0 radical (unpaired) electrons. The van der Waals surface area contributed by atoms with E-state index in [1.54, 1.807) is 27.7 Å². The van der Waals surface area contributed by atoms with Gasteiger partial charge in [0.15, 0.2) is 11.9 Å². The number of hydrogen-bond acceptors (Lipinski definition) is 13. The van der Waals surface area contributed by atoms with Crippen LogP contribution in [-0.2, 0) is 45.0 Å². The van der Waals surface area contributed by atoms with E-state index in [1.807, 2.05) is 0 Å². The van der Waals surface area contributed by atoms with Gasteiger partial charge in [-0.1, -0.05) is 58.4 Å². The summed E-state index contributed by atoms with van der Waals surface area (Å²) >= 11 is 0. The van der Waals surface area contributed by atoms with Gasteiger partial charge < -0.3 is 69.7 Å². The van der Waals surface area contributed by atoms with E-state index in [4.69, 9.17) is 33.5 Å². The highest BCUT2D eigenvalue weighted by Gasteiger charge is 2.63. The molecule has 4 rings (SSSR count). The van der Waals surface area contributed by atoms with Gasteiger partial charge in [0.2, 0.25) is 29.2 Å². The van der Waals surface area contributed by atoms with Gasteiger partial charge in [-0.3, -0.25) is 43.6 Å². The zero-order chi connectivity index (χ0) is 51.9. The summed E-state index contributed by atoms with van der Waals surface area (Å²) in [5, 5.41) is 39.1. The molecule has 2 aromatic rings. The van der Waals surface area contributed by atoms with Gasteiger partial charge in [-0.25, -0.2) is 4.79 Å².